The minimum absolute atomic E-state index is 0.178. The fourth-order valence-electron chi connectivity index (χ4n) is 1.32. The molecule has 5 nitrogen and oxygen atoms in total. The number of rotatable bonds is 3. The number of nitrogens with zero attached hydrogens (tertiary/aromatic N) is 3. The first-order chi connectivity index (χ1) is 8.06. The van der Waals surface area contributed by atoms with Gasteiger partial charge in [-0.25, -0.2) is 9.07 Å². The first kappa shape index (κ1) is 11.5. The first-order valence-electron chi connectivity index (χ1n) is 4.64. The Morgan fingerprint density at radius 3 is 2.94 bits per heavy atom. The lowest BCUT2D eigenvalue weighted by Gasteiger charge is -2.02. The topological polar surface area (TPSA) is 68.0 Å². The quantitative estimate of drug-likeness (QED) is 0.906. The summed E-state index contributed by atoms with van der Waals surface area (Å²) in [5.41, 5.74) is 0.745. The number of carbonyl (C=O) groups is 1. The van der Waals surface area contributed by atoms with Crippen LogP contribution in [0.4, 0.5) is 4.39 Å². The summed E-state index contributed by atoms with van der Waals surface area (Å²) in [5.74, 6) is -1.45. The van der Waals surface area contributed by atoms with E-state index in [1.54, 1.807) is 0 Å². The van der Waals surface area contributed by atoms with Crippen molar-refractivity contribution in [1.29, 1.82) is 0 Å². The summed E-state index contributed by atoms with van der Waals surface area (Å²) in [5, 5.41) is 16.2. The van der Waals surface area contributed by atoms with E-state index in [1.807, 2.05) is 0 Å². The second-order valence-corrected chi connectivity index (χ2v) is 3.73. The van der Waals surface area contributed by atoms with Crippen LogP contribution in [0.3, 0.4) is 0 Å². The maximum absolute atomic E-state index is 12.8. The van der Waals surface area contributed by atoms with E-state index >= 15 is 0 Å². The van der Waals surface area contributed by atoms with Gasteiger partial charge >= 0.3 is 5.97 Å². The van der Waals surface area contributed by atoms with Crippen LogP contribution in [0.25, 0.3) is 5.69 Å². The molecule has 0 saturated heterocycles. The van der Waals surface area contributed by atoms with Crippen molar-refractivity contribution < 1.29 is 14.3 Å². The second kappa shape index (κ2) is 4.50. The number of aromatic nitrogens is 3. The third kappa shape index (κ3) is 2.59. The molecule has 0 aliphatic rings. The van der Waals surface area contributed by atoms with Crippen LogP contribution in [0.15, 0.2) is 24.4 Å². The smallest absolute Gasteiger partial charge is 0.309 e. The summed E-state index contributed by atoms with van der Waals surface area (Å²) in [6.45, 7) is 0. The highest BCUT2D eigenvalue weighted by atomic mass is 35.5. The highest BCUT2D eigenvalue weighted by Crippen LogP contribution is 2.20. The molecule has 1 N–H and O–H groups in total. The fraction of sp³-hybridized carbons (Fsp3) is 0.100. The van der Waals surface area contributed by atoms with Gasteiger partial charge in [-0.3, -0.25) is 4.79 Å². The van der Waals surface area contributed by atoms with E-state index in [1.165, 1.54) is 23.0 Å². The van der Waals surface area contributed by atoms with Crippen molar-refractivity contribution in [3.63, 3.8) is 0 Å². The van der Waals surface area contributed by atoms with Gasteiger partial charge in [0.05, 0.1) is 29.0 Å². The van der Waals surface area contributed by atoms with E-state index in [4.69, 9.17) is 16.7 Å². The molecular weight excluding hydrogens is 249 g/mol. The van der Waals surface area contributed by atoms with E-state index in [2.05, 4.69) is 10.3 Å². The Labute approximate surface area is 100 Å². The maximum Gasteiger partial charge on any atom is 0.309 e. The third-order valence-electron chi connectivity index (χ3n) is 2.03. The molecule has 1 aromatic heterocycles. The molecule has 88 valence electrons. The summed E-state index contributed by atoms with van der Waals surface area (Å²) in [4.78, 5) is 10.5. The molecule has 0 fully saturated rings. The normalized spacial score (nSPS) is 10.5. The molecule has 0 unspecified atom stereocenters. The van der Waals surface area contributed by atoms with Crippen molar-refractivity contribution >= 4 is 17.6 Å². The van der Waals surface area contributed by atoms with Gasteiger partial charge in [-0.05, 0) is 18.2 Å². The Morgan fingerprint density at radius 1 is 1.53 bits per heavy atom. The maximum atomic E-state index is 12.8. The lowest BCUT2D eigenvalue weighted by atomic mass is 10.3. The van der Waals surface area contributed by atoms with Crippen molar-refractivity contribution in [3.8, 4) is 5.69 Å². The van der Waals surface area contributed by atoms with Crippen LogP contribution in [0.1, 0.15) is 5.69 Å². The molecule has 2 aromatic rings. The first-order valence-corrected chi connectivity index (χ1v) is 5.02. The predicted molar refractivity (Wildman–Crippen MR) is 57.7 cm³/mol. The Bertz CT molecular complexity index is 570. The summed E-state index contributed by atoms with van der Waals surface area (Å²) in [6.07, 6.45) is 1.21. The van der Waals surface area contributed by atoms with Crippen molar-refractivity contribution in [3.05, 3.63) is 40.9 Å². The number of halogens is 2. The number of benzene rings is 1. The van der Waals surface area contributed by atoms with Gasteiger partial charge in [0, 0.05) is 0 Å². The van der Waals surface area contributed by atoms with Crippen LogP contribution in [0, 0.1) is 5.82 Å². The van der Waals surface area contributed by atoms with Crippen LogP contribution in [0.2, 0.25) is 5.02 Å². The van der Waals surface area contributed by atoms with Crippen molar-refractivity contribution in [2.24, 2.45) is 0 Å². The van der Waals surface area contributed by atoms with Crippen LogP contribution in [-0.2, 0) is 11.2 Å². The van der Waals surface area contributed by atoms with Gasteiger partial charge in [-0.2, -0.15) is 0 Å². The van der Waals surface area contributed by atoms with Gasteiger partial charge in [0.1, 0.15) is 5.82 Å². The van der Waals surface area contributed by atoms with Gasteiger partial charge in [0.2, 0.25) is 0 Å². The average molecular weight is 256 g/mol. The molecule has 7 heteroatoms. The number of carboxylic acids is 1. The highest BCUT2D eigenvalue weighted by Gasteiger charge is 2.09. The molecule has 0 spiro atoms. The molecule has 0 amide bonds. The molecule has 0 atom stereocenters. The Morgan fingerprint density at radius 2 is 2.29 bits per heavy atom. The Hall–Kier alpha value is -1.95. The largest absolute Gasteiger partial charge is 0.481 e. The fourth-order valence-corrected chi connectivity index (χ4v) is 1.57. The molecule has 2 rings (SSSR count). The molecule has 1 aromatic carbocycles. The molecule has 0 aliphatic carbocycles. The zero-order chi connectivity index (χ0) is 12.4. The van der Waals surface area contributed by atoms with E-state index in [-0.39, 0.29) is 11.4 Å². The lowest BCUT2D eigenvalue weighted by molar-refractivity contribution is -0.136. The van der Waals surface area contributed by atoms with Gasteiger partial charge in [0.15, 0.2) is 0 Å². The van der Waals surface area contributed by atoms with Crippen LogP contribution >= 0.6 is 11.6 Å². The number of hydrogen-bond acceptors (Lipinski definition) is 3. The van der Waals surface area contributed by atoms with Crippen LogP contribution < -0.4 is 0 Å². The monoisotopic (exact) mass is 255 g/mol. The highest BCUT2D eigenvalue weighted by molar-refractivity contribution is 6.32. The SMILES string of the molecule is O=C(O)Cc1cn(-c2ccc(F)cc2Cl)nn1. The van der Waals surface area contributed by atoms with Crippen molar-refractivity contribution in [2.75, 3.05) is 0 Å². The van der Waals surface area contributed by atoms with E-state index < -0.39 is 11.8 Å². The molecule has 0 aliphatic heterocycles. The molecule has 17 heavy (non-hydrogen) atoms. The summed E-state index contributed by atoms with van der Waals surface area (Å²) < 4.78 is 14.1. The molecule has 0 bridgehead atoms. The van der Waals surface area contributed by atoms with Crippen molar-refractivity contribution in [2.45, 2.75) is 6.42 Å². The third-order valence-corrected chi connectivity index (χ3v) is 2.33. The minimum Gasteiger partial charge on any atom is -0.481 e. The van der Waals surface area contributed by atoms with E-state index in [0.717, 1.165) is 6.07 Å². The minimum atomic E-state index is -0.998. The standard InChI is InChI=1S/C10H7ClFN3O2/c11-8-3-6(12)1-2-9(8)15-5-7(13-14-15)4-10(16)17/h1-3,5H,4H2,(H,16,17). The van der Waals surface area contributed by atoms with Gasteiger partial charge in [-0.1, -0.05) is 16.8 Å². The summed E-state index contributed by atoms with van der Waals surface area (Å²) in [6, 6.07) is 3.83. The number of aliphatic carboxylic acids is 1. The molecule has 0 radical (unpaired) electrons. The van der Waals surface area contributed by atoms with Gasteiger partial charge in [-0.15, -0.1) is 5.10 Å². The number of hydrogen-bond donors (Lipinski definition) is 1. The summed E-state index contributed by atoms with van der Waals surface area (Å²) in [7, 11) is 0. The second-order valence-electron chi connectivity index (χ2n) is 3.32. The Balaban J connectivity index is 2.33. The zero-order valence-electron chi connectivity index (χ0n) is 8.47. The van der Waals surface area contributed by atoms with E-state index in [9.17, 15) is 9.18 Å². The molecule has 1 heterocycles. The molecular formula is C10H7ClFN3O2. The predicted octanol–water partition coefficient (Wildman–Crippen LogP) is 1.69. The number of carboxylic acid groups (broad SMARTS) is 1. The molecule has 0 saturated carbocycles. The Kier molecular flexibility index (Phi) is 3.06. The zero-order valence-corrected chi connectivity index (χ0v) is 9.23. The summed E-state index contributed by atoms with van der Waals surface area (Å²) >= 11 is 5.83. The lowest BCUT2D eigenvalue weighted by Crippen LogP contribution is -2.00. The van der Waals surface area contributed by atoms with Crippen molar-refractivity contribution in [1.82, 2.24) is 15.0 Å². The van der Waals surface area contributed by atoms with Crippen LogP contribution in [-0.4, -0.2) is 26.1 Å². The average Bonchev–Trinajstić information content (AvgIpc) is 2.65. The van der Waals surface area contributed by atoms with E-state index in [0.29, 0.717) is 11.4 Å². The van der Waals surface area contributed by atoms with Gasteiger partial charge < -0.3 is 5.11 Å². The van der Waals surface area contributed by atoms with Crippen LogP contribution in [0.5, 0.6) is 0 Å². The van der Waals surface area contributed by atoms with Gasteiger partial charge in [0.25, 0.3) is 0 Å².